The van der Waals surface area contributed by atoms with Crippen LogP contribution in [-0.4, -0.2) is 44.0 Å². The fraction of sp³-hybridized carbons (Fsp3) is 0.385. The molecule has 0 atom stereocenters. The molecule has 0 aliphatic heterocycles. The van der Waals surface area contributed by atoms with E-state index in [0.717, 1.165) is 0 Å². The number of carbonyl (C=O) groups is 2. The molecule has 6 heteroatoms. The molecule has 1 aromatic carbocycles. The summed E-state index contributed by atoms with van der Waals surface area (Å²) in [6.45, 7) is 0.499. The van der Waals surface area contributed by atoms with Gasteiger partial charge in [-0.15, -0.1) is 0 Å². The lowest BCUT2D eigenvalue weighted by atomic mass is 10.3. The number of nitrogens with zero attached hydrogens (tertiary/aromatic N) is 1. The minimum Gasteiger partial charge on any atom is -0.468 e. The number of halogens is 1. The highest BCUT2D eigenvalue weighted by Crippen LogP contribution is 2.12. The zero-order chi connectivity index (χ0) is 14.3. The third-order valence-electron chi connectivity index (χ3n) is 2.50. The van der Waals surface area contributed by atoms with E-state index in [0.29, 0.717) is 6.54 Å². The van der Waals surface area contributed by atoms with Gasteiger partial charge in [0.2, 0.25) is 5.91 Å². The number of esters is 1. The number of benzene rings is 1. The number of carbonyl (C=O) groups excluding carboxylic acids is 2. The molecule has 0 fully saturated rings. The summed E-state index contributed by atoms with van der Waals surface area (Å²) in [5.41, 5.74) is 0.156. The van der Waals surface area contributed by atoms with Gasteiger partial charge in [-0.1, -0.05) is 12.1 Å². The van der Waals surface area contributed by atoms with Crippen molar-refractivity contribution in [3.63, 3.8) is 0 Å². The van der Waals surface area contributed by atoms with Crippen LogP contribution in [-0.2, 0) is 14.3 Å². The van der Waals surface area contributed by atoms with Gasteiger partial charge in [-0.3, -0.25) is 14.5 Å². The number of likely N-dealkylation sites (N-methyl/N-ethyl adjacent to an activating group) is 1. The first-order valence-electron chi connectivity index (χ1n) is 5.82. The second-order valence-corrected chi connectivity index (χ2v) is 4.09. The van der Waals surface area contributed by atoms with E-state index in [4.69, 9.17) is 0 Å². The molecular formula is C13H17FN2O3. The SMILES string of the molecule is COC(=O)CN(C)CCC(=O)Nc1ccccc1F. The maximum atomic E-state index is 13.3. The van der Waals surface area contributed by atoms with Crippen LogP contribution in [0.1, 0.15) is 6.42 Å². The van der Waals surface area contributed by atoms with Crippen LogP contribution >= 0.6 is 0 Å². The Morgan fingerprint density at radius 3 is 2.68 bits per heavy atom. The summed E-state index contributed by atoms with van der Waals surface area (Å²) >= 11 is 0. The number of nitrogens with one attached hydrogen (secondary N) is 1. The molecule has 0 saturated carbocycles. The third-order valence-corrected chi connectivity index (χ3v) is 2.50. The fourth-order valence-corrected chi connectivity index (χ4v) is 1.43. The molecule has 0 bridgehead atoms. The number of ether oxygens (including phenoxy) is 1. The highest BCUT2D eigenvalue weighted by Gasteiger charge is 2.10. The standard InChI is InChI=1S/C13H17FN2O3/c1-16(9-13(18)19-2)8-7-12(17)15-11-6-4-3-5-10(11)14/h3-6H,7-9H2,1-2H3,(H,15,17). The second kappa shape index (κ2) is 7.48. The van der Waals surface area contributed by atoms with Crippen LogP contribution in [0.2, 0.25) is 0 Å². The summed E-state index contributed by atoms with van der Waals surface area (Å²) in [5, 5.41) is 2.48. The molecule has 104 valence electrons. The van der Waals surface area contributed by atoms with Gasteiger partial charge in [0, 0.05) is 13.0 Å². The molecular weight excluding hydrogens is 251 g/mol. The van der Waals surface area contributed by atoms with Crippen LogP contribution < -0.4 is 5.32 Å². The van der Waals surface area contributed by atoms with Gasteiger partial charge in [0.25, 0.3) is 0 Å². The van der Waals surface area contributed by atoms with Crippen molar-refractivity contribution >= 4 is 17.6 Å². The van der Waals surface area contributed by atoms with E-state index in [1.165, 1.54) is 19.2 Å². The van der Waals surface area contributed by atoms with Crippen LogP contribution in [0.3, 0.4) is 0 Å². The van der Waals surface area contributed by atoms with Crippen molar-refractivity contribution < 1.29 is 18.7 Å². The lowest BCUT2D eigenvalue weighted by molar-refractivity contribution is -0.141. The Morgan fingerprint density at radius 2 is 2.05 bits per heavy atom. The summed E-state index contributed by atoms with van der Waals surface area (Å²) < 4.78 is 17.8. The molecule has 0 radical (unpaired) electrons. The number of hydrogen-bond acceptors (Lipinski definition) is 4. The number of methoxy groups -OCH3 is 1. The van der Waals surface area contributed by atoms with E-state index in [1.807, 2.05) is 0 Å². The number of amides is 1. The predicted molar refractivity (Wildman–Crippen MR) is 69.2 cm³/mol. The quantitative estimate of drug-likeness (QED) is 0.789. The van der Waals surface area contributed by atoms with Gasteiger partial charge in [-0.05, 0) is 19.2 Å². The van der Waals surface area contributed by atoms with Gasteiger partial charge in [-0.2, -0.15) is 0 Å². The average Bonchev–Trinajstić information content (AvgIpc) is 2.39. The Bertz CT molecular complexity index is 451. The first kappa shape index (κ1) is 15.1. The number of anilines is 1. The first-order chi connectivity index (χ1) is 9.02. The molecule has 0 aromatic heterocycles. The molecule has 5 nitrogen and oxygen atoms in total. The summed E-state index contributed by atoms with van der Waals surface area (Å²) in [6, 6.07) is 5.96. The van der Waals surface area contributed by atoms with Crippen LogP contribution in [0.25, 0.3) is 0 Å². The van der Waals surface area contributed by atoms with Crippen molar-refractivity contribution in [3.8, 4) is 0 Å². The minimum absolute atomic E-state index is 0.115. The molecule has 0 heterocycles. The van der Waals surface area contributed by atoms with Crippen molar-refractivity contribution in [1.82, 2.24) is 4.90 Å². The van der Waals surface area contributed by atoms with Crippen LogP contribution in [0.15, 0.2) is 24.3 Å². The Hall–Kier alpha value is -1.95. The zero-order valence-corrected chi connectivity index (χ0v) is 11.0. The van der Waals surface area contributed by atoms with E-state index in [1.54, 1.807) is 24.1 Å². The maximum Gasteiger partial charge on any atom is 0.319 e. The van der Waals surface area contributed by atoms with Crippen molar-refractivity contribution in [3.05, 3.63) is 30.1 Å². The molecule has 1 aromatic rings. The highest BCUT2D eigenvalue weighted by atomic mass is 19.1. The predicted octanol–water partition coefficient (Wildman–Crippen LogP) is 1.26. The Balaban J connectivity index is 2.36. The largest absolute Gasteiger partial charge is 0.468 e. The average molecular weight is 268 g/mol. The van der Waals surface area contributed by atoms with Crippen molar-refractivity contribution in [2.75, 3.05) is 32.6 Å². The third kappa shape index (κ3) is 5.48. The molecule has 0 unspecified atom stereocenters. The van der Waals surface area contributed by atoms with Gasteiger partial charge < -0.3 is 10.1 Å². The van der Waals surface area contributed by atoms with Gasteiger partial charge in [0.15, 0.2) is 0 Å². The molecule has 0 aliphatic rings. The molecule has 1 rings (SSSR count). The second-order valence-electron chi connectivity index (χ2n) is 4.09. The van der Waals surface area contributed by atoms with Gasteiger partial charge in [0.05, 0.1) is 19.3 Å². The van der Waals surface area contributed by atoms with Gasteiger partial charge in [-0.25, -0.2) is 4.39 Å². The zero-order valence-electron chi connectivity index (χ0n) is 11.0. The molecule has 1 amide bonds. The van der Waals surface area contributed by atoms with Crippen molar-refractivity contribution in [2.45, 2.75) is 6.42 Å². The number of para-hydroxylation sites is 1. The fourth-order valence-electron chi connectivity index (χ4n) is 1.43. The summed E-state index contributed by atoms with van der Waals surface area (Å²) in [4.78, 5) is 24.3. The highest BCUT2D eigenvalue weighted by molar-refractivity contribution is 5.90. The summed E-state index contributed by atoms with van der Waals surface area (Å²) in [5.74, 6) is -1.14. The number of rotatable bonds is 6. The minimum atomic E-state index is -0.473. The topological polar surface area (TPSA) is 58.6 Å². The number of hydrogen-bond donors (Lipinski definition) is 1. The maximum absolute atomic E-state index is 13.3. The molecule has 0 aliphatic carbocycles. The van der Waals surface area contributed by atoms with E-state index in [9.17, 15) is 14.0 Å². The van der Waals surface area contributed by atoms with E-state index in [2.05, 4.69) is 10.1 Å². The summed E-state index contributed by atoms with van der Waals surface area (Å²) in [6.07, 6.45) is 0.168. The normalized spacial score (nSPS) is 10.3. The Labute approximate surface area is 111 Å². The van der Waals surface area contributed by atoms with Gasteiger partial charge >= 0.3 is 5.97 Å². The van der Waals surface area contributed by atoms with E-state index >= 15 is 0 Å². The van der Waals surface area contributed by atoms with Gasteiger partial charge in [0.1, 0.15) is 5.82 Å². The molecule has 0 saturated heterocycles. The van der Waals surface area contributed by atoms with Crippen LogP contribution in [0.5, 0.6) is 0 Å². The Morgan fingerprint density at radius 1 is 1.37 bits per heavy atom. The monoisotopic (exact) mass is 268 g/mol. The first-order valence-corrected chi connectivity index (χ1v) is 5.82. The van der Waals surface area contributed by atoms with E-state index in [-0.39, 0.29) is 30.5 Å². The lowest BCUT2D eigenvalue weighted by Gasteiger charge is -2.14. The van der Waals surface area contributed by atoms with E-state index < -0.39 is 5.82 Å². The van der Waals surface area contributed by atoms with Crippen molar-refractivity contribution in [1.29, 1.82) is 0 Å². The smallest absolute Gasteiger partial charge is 0.319 e. The molecule has 1 N–H and O–H groups in total. The lowest BCUT2D eigenvalue weighted by Crippen LogP contribution is -2.30. The van der Waals surface area contributed by atoms with Crippen molar-refractivity contribution in [2.24, 2.45) is 0 Å². The molecule has 0 spiro atoms. The van der Waals surface area contributed by atoms with Crippen LogP contribution in [0.4, 0.5) is 10.1 Å². The van der Waals surface area contributed by atoms with Crippen LogP contribution in [0, 0.1) is 5.82 Å². The Kier molecular flexibility index (Phi) is 5.95. The summed E-state index contributed by atoms with van der Waals surface area (Å²) in [7, 11) is 3.01. The molecule has 19 heavy (non-hydrogen) atoms.